The van der Waals surface area contributed by atoms with Gasteiger partial charge in [-0.3, -0.25) is 9.59 Å². The molecule has 5 rings (SSSR count). The van der Waals surface area contributed by atoms with Gasteiger partial charge in [0.2, 0.25) is 11.8 Å². The molecule has 0 bridgehead atoms. The first-order chi connectivity index (χ1) is 16.5. The number of benzene rings is 3. The first kappa shape index (κ1) is 21.8. The minimum Gasteiger partial charge on any atom is -0.342 e. The van der Waals surface area contributed by atoms with Crippen LogP contribution in [0.1, 0.15) is 41.9 Å². The van der Waals surface area contributed by atoms with E-state index in [-0.39, 0.29) is 30.1 Å². The number of hydrogen-bond acceptors (Lipinski definition) is 3. The summed E-state index contributed by atoms with van der Waals surface area (Å²) in [6, 6.07) is 19.8. The average Bonchev–Trinajstić information content (AvgIpc) is 3.22. The van der Waals surface area contributed by atoms with E-state index < -0.39 is 0 Å². The molecule has 2 N–H and O–H groups in total. The monoisotopic (exact) mass is 456 g/mol. The molecule has 1 atom stereocenters. The lowest BCUT2D eigenvalue weighted by Gasteiger charge is -2.36. The summed E-state index contributed by atoms with van der Waals surface area (Å²) in [5, 5.41) is 2.96. The number of rotatable bonds is 5. The zero-order valence-electron chi connectivity index (χ0n) is 18.8. The second-order valence-electron chi connectivity index (χ2n) is 8.61. The van der Waals surface area contributed by atoms with Gasteiger partial charge in [0.15, 0.2) is 0 Å². The number of hydrogen-bond donors (Lipinski definition) is 2. The van der Waals surface area contributed by atoms with Crippen LogP contribution in [0, 0.1) is 5.82 Å². The molecule has 1 aromatic heterocycles. The van der Waals surface area contributed by atoms with Crippen LogP contribution in [0.3, 0.4) is 0 Å². The van der Waals surface area contributed by atoms with Gasteiger partial charge < -0.3 is 15.2 Å². The minimum atomic E-state index is -0.286. The molecule has 0 spiro atoms. The lowest BCUT2D eigenvalue weighted by atomic mass is 9.90. The van der Waals surface area contributed by atoms with Crippen LogP contribution in [0.5, 0.6) is 0 Å². The van der Waals surface area contributed by atoms with Crippen molar-refractivity contribution >= 4 is 28.5 Å². The van der Waals surface area contributed by atoms with Crippen LogP contribution < -0.4 is 5.32 Å². The molecule has 1 unspecified atom stereocenters. The van der Waals surface area contributed by atoms with E-state index in [1.807, 2.05) is 30.3 Å². The van der Waals surface area contributed by atoms with Crippen molar-refractivity contribution in [1.82, 2.24) is 14.9 Å². The molecule has 0 radical (unpaired) electrons. The summed E-state index contributed by atoms with van der Waals surface area (Å²) in [7, 11) is 0. The van der Waals surface area contributed by atoms with Crippen molar-refractivity contribution in [3.05, 3.63) is 95.1 Å². The molecule has 0 aliphatic carbocycles. The number of amides is 2. The van der Waals surface area contributed by atoms with E-state index >= 15 is 0 Å². The first-order valence-corrected chi connectivity index (χ1v) is 11.3. The Hall–Kier alpha value is -4.00. The Morgan fingerprint density at radius 2 is 1.91 bits per heavy atom. The number of nitrogens with one attached hydrogen (secondary N) is 2. The fourth-order valence-corrected chi connectivity index (χ4v) is 4.68. The second kappa shape index (κ2) is 9.09. The Morgan fingerprint density at radius 3 is 2.74 bits per heavy atom. The molecule has 4 aromatic rings. The Labute approximate surface area is 196 Å². The van der Waals surface area contributed by atoms with Crippen molar-refractivity contribution < 1.29 is 14.0 Å². The molecule has 1 aliphatic rings. The maximum atomic E-state index is 14.0. The van der Waals surface area contributed by atoms with Crippen molar-refractivity contribution in [3.8, 4) is 0 Å². The van der Waals surface area contributed by atoms with Crippen molar-refractivity contribution in [2.45, 2.75) is 32.2 Å². The molecular weight excluding hydrogens is 431 g/mol. The van der Waals surface area contributed by atoms with Gasteiger partial charge >= 0.3 is 0 Å². The smallest absolute Gasteiger partial charge is 0.226 e. The quantitative estimate of drug-likeness (QED) is 0.454. The van der Waals surface area contributed by atoms with Gasteiger partial charge in [-0.25, -0.2) is 9.37 Å². The third-order valence-corrected chi connectivity index (χ3v) is 6.33. The summed E-state index contributed by atoms with van der Waals surface area (Å²) in [4.78, 5) is 34.7. The number of imidazole rings is 1. The predicted molar refractivity (Wildman–Crippen MR) is 129 cm³/mol. The lowest BCUT2D eigenvalue weighted by molar-refractivity contribution is -0.132. The summed E-state index contributed by atoms with van der Waals surface area (Å²) in [5.74, 6) is 0.186. The zero-order chi connectivity index (χ0) is 23.7. The fourth-order valence-electron chi connectivity index (χ4n) is 4.68. The first-order valence-electron chi connectivity index (χ1n) is 11.3. The molecule has 34 heavy (non-hydrogen) atoms. The molecule has 0 saturated carbocycles. The Morgan fingerprint density at radius 1 is 1.12 bits per heavy atom. The van der Waals surface area contributed by atoms with Crippen LogP contribution in [0.4, 0.5) is 10.1 Å². The van der Waals surface area contributed by atoms with Gasteiger partial charge in [-0.05, 0) is 47.4 Å². The second-order valence-corrected chi connectivity index (χ2v) is 8.61. The van der Waals surface area contributed by atoms with Crippen LogP contribution in [0.25, 0.3) is 11.0 Å². The number of aromatic nitrogens is 2. The number of carbonyl (C=O) groups excluding carboxylic acids is 2. The van der Waals surface area contributed by atoms with Crippen molar-refractivity contribution in [1.29, 1.82) is 0 Å². The summed E-state index contributed by atoms with van der Waals surface area (Å²) in [6.07, 6.45) is 1.32. The maximum absolute atomic E-state index is 14.0. The van der Waals surface area contributed by atoms with Gasteiger partial charge in [-0.15, -0.1) is 0 Å². The van der Waals surface area contributed by atoms with E-state index in [9.17, 15) is 14.0 Å². The highest BCUT2D eigenvalue weighted by Gasteiger charge is 2.30. The van der Waals surface area contributed by atoms with Crippen LogP contribution in [0.15, 0.2) is 66.7 Å². The molecular formula is C27H25FN4O2. The van der Waals surface area contributed by atoms with Crippen LogP contribution >= 0.6 is 0 Å². The van der Waals surface area contributed by atoms with Crippen LogP contribution in [0.2, 0.25) is 0 Å². The molecule has 0 saturated heterocycles. The number of anilines is 1. The van der Waals surface area contributed by atoms with E-state index in [1.165, 1.54) is 11.6 Å². The Balaban J connectivity index is 1.32. The normalized spacial score (nSPS) is 15.2. The highest BCUT2D eigenvalue weighted by atomic mass is 19.1. The van der Waals surface area contributed by atoms with Gasteiger partial charge in [0, 0.05) is 25.6 Å². The van der Waals surface area contributed by atoms with Gasteiger partial charge in [0.05, 0.1) is 23.5 Å². The number of nitrogens with zero attached hydrogens (tertiary/aromatic N) is 2. The van der Waals surface area contributed by atoms with E-state index in [2.05, 4.69) is 21.4 Å². The van der Waals surface area contributed by atoms with Crippen molar-refractivity contribution in [2.75, 3.05) is 11.9 Å². The number of fused-ring (bicyclic) bond motifs is 2. The van der Waals surface area contributed by atoms with Gasteiger partial charge in [-0.2, -0.15) is 0 Å². The Kier molecular flexibility index (Phi) is 5.84. The lowest BCUT2D eigenvalue weighted by Crippen LogP contribution is -2.40. The minimum absolute atomic E-state index is 0.0337. The molecule has 0 fully saturated rings. The molecule has 2 heterocycles. The van der Waals surface area contributed by atoms with Crippen LogP contribution in [-0.4, -0.2) is 33.2 Å². The highest BCUT2D eigenvalue weighted by Crippen LogP contribution is 2.32. The highest BCUT2D eigenvalue weighted by molar-refractivity contribution is 5.93. The van der Waals surface area contributed by atoms with E-state index in [0.717, 1.165) is 23.0 Å². The molecule has 3 aromatic carbocycles. The number of halogens is 1. The fraction of sp³-hybridized carbons (Fsp3) is 0.222. The molecule has 172 valence electrons. The molecule has 2 amide bonds. The van der Waals surface area contributed by atoms with Crippen LogP contribution in [-0.2, 0) is 22.4 Å². The summed E-state index contributed by atoms with van der Waals surface area (Å²) in [6.45, 7) is 2.15. The predicted octanol–water partition coefficient (Wildman–Crippen LogP) is 4.77. The van der Waals surface area contributed by atoms with E-state index in [4.69, 9.17) is 0 Å². The zero-order valence-corrected chi connectivity index (χ0v) is 18.8. The van der Waals surface area contributed by atoms with Crippen molar-refractivity contribution in [2.24, 2.45) is 0 Å². The van der Waals surface area contributed by atoms with Gasteiger partial charge in [-0.1, -0.05) is 42.5 Å². The standard InChI is InChI=1S/C27H25FN4O2/c1-17(33)32-13-12-18-6-2-4-8-21(18)25(32)16-27(34)29-20-10-11-23-24(15-20)31-26(30-23)14-19-7-3-5-9-22(19)28/h2-11,15,25H,12-14,16H2,1H3,(H,29,34)(H,30,31). The Bertz CT molecular complexity index is 1380. The maximum Gasteiger partial charge on any atom is 0.226 e. The average molecular weight is 457 g/mol. The van der Waals surface area contributed by atoms with Crippen molar-refractivity contribution in [3.63, 3.8) is 0 Å². The summed E-state index contributed by atoms with van der Waals surface area (Å²) < 4.78 is 14.0. The molecule has 1 aliphatic heterocycles. The summed E-state index contributed by atoms with van der Waals surface area (Å²) in [5.41, 5.74) is 4.92. The number of aromatic amines is 1. The summed E-state index contributed by atoms with van der Waals surface area (Å²) >= 11 is 0. The third kappa shape index (κ3) is 4.41. The SMILES string of the molecule is CC(=O)N1CCc2ccccc2C1CC(=O)Nc1ccc2nc(Cc3ccccc3F)[nH]c2c1. The largest absolute Gasteiger partial charge is 0.342 e. The van der Waals surface area contributed by atoms with E-state index in [0.29, 0.717) is 30.0 Å². The third-order valence-electron chi connectivity index (χ3n) is 6.33. The topological polar surface area (TPSA) is 78.1 Å². The van der Waals surface area contributed by atoms with Gasteiger partial charge in [0.1, 0.15) is 11.6 Å². The number of H-pyrrole nitrogens is 1. The molecule has 7 heteroatoms. The number of carbonyl (C=O) groups is 2. The van der Waals surface area contributed by atoms with E-state index in [1.54, 1.807) is 36.1 Å². The van der Waals surface area contributed by atoms with Gasteiger partial charge in [0.25, 0.3) is 0 Å². The molecule has 6 nitrogen and oxygen atoms in total.